The average Bonchev–Trinajstić information content (AvgIpc) is 2.74. The van der Waals surface area contributed by atoms with E-state index in [9.17, 15) is 4.79 Å². The topological polar surface area (TPSA) is 42.0 Å². The molecule has 0 saturated carbocycles. The molecule has 1 atom stereocenters. The van der Waals surface area contributed by atoms with Gasteiger partial charge < -0.3 is 14.4 Å². The second-order valence-corrected chi connectivity index (χ2v) is 5.55. The quantitative estimate of drug-likeness (QED) is 0.793. The number of hydrogen-bond acceptors (Lipinski definition) is 4. The molecule has 0 spiro atoms. The van der Waals surface area contributed by atoms with Crippen molar-refractivity contribution in [2.24, 2.45) is 0 Å². The average molecular weight is 306 g/mol. The largest absolute Gasteiger partial charge is 0.493 e. The Labute approximate surface area is 129 Å². The number of carbonyl (C=O) groups is 1. The number of benzene rings is 1. The lowest BCUT2D eigenvalue weighted by atomic mass is 9.94. The Morgan fingerprint density at radius 2 is 1.86 bits per heavy atom. The van der Waals surface area contributed by atoms with Crippen LogP contribution in [0.1, 0.15) is 18.1 Å². The fourth-order valence-electron chi connectivity index (χ4n) is 3.05. The van der Waals surface area contributed by atoms with Crippen LogP contribution in [-0.2, 0) is 17.8 Å². The van der Waals surface area contributed by atoms with Crippen LogP contribution >= 0.6 is 12.2 Å². The van der Waals surface area contributed by atoms with Gasteiger partial charge in [0.15, 0.2) is 16.6 Å². The molecule has 21 heavy (non-hydrogen) atoms. The molecule has 1 aromatic rings. The standard InChI is InChI=1S/C15H18N2O3S/c1-4-16-14(18)11-5-9-6-12(19-2)13(20-3)7-10(9)8-17(11)15(16)21/h6-7,11H,4-5,8H2,1-3H3. The highest BCUT2D eigenvalue weighted by Gasteiger charge is 2.44. The van der Waals surface area contributed by atoms with Gasteiger partial charge in [0.05, 0.1) is 14.2 Å². The fourth-order valence-corrected chi connectivity index (χ4v) is 3.47. The lowest BCUT2D eigenvalue weighted by Gasteiger charge is -2.31. The summed E-state index contributed by atoms with van der Waals surface area (Å²) in [6, 6.07) is 3.77. The Balaban J connectivity index is 2.00. The minimum atomic E-state index is -0.178. The van der Waals surface area contributed by atoms with Gasteiger partial charge in [-0.15, -0.1) is 0 Å². The van der Waals surface area contributed by atoms with Crippen molar-refractivity contribution in [3.05, 3.63) is 23.3 Å². The number of ether oxygens (including phenoxy) is 2. The summed E-state index contributed by atoms with van der Waals surface area (Å²) in [5.41, 5.74) is 2.26. The van der Waals surface area contributed by atoms with E-state index in [2.05, 4.69) is 0 Å². The van der Waals surface area contributed by atoms with Crippen LogP contribution in [0.15, 0.2) is 12.1 Å². The van der Waals surface area contributed by atoms with Gasteiger partial charge >= 0.3 is 0 Å². The number of carbonyl (C=O) groups excluding carboxylic acids is 1. The maximum Gasteiger partial charge on any atom is 0.251 e. The van der Waals surface area contributed by atoms with E-state index in [0.29, 0.717) is 36.1 Å². The summed E-state index contributed by atoms with van der Waals surface area (Å²) in [7, 11) is 3.24. The van der Waals surface area contributed by atoms with E-state index in [4.69, 9.17) is 21.7 Å². The van der Waals surface area contributed by atoms with Crippen molar-refractivity contribution in [3.63, 3.8) is 0 Å². The number of rotatable bonds is 3. The predicted molar refractivity (Wildman–Crippen MR) is 82.6 cm³/mol. The van der Waals surface area contributed by atoms with Gasteiger partial charge in [-0.1, -0.05) is 0 Å². The number of methoxy groups -OCH3 is 2. The third kappa shape index (κ3) is 2.05. The molecule has 1 amide bonds. The van der Waals surface area contributed by atoms with Crippen molar-refractivity contribution < 1.29 is 14.3 Å². The molecular weight excluding hydrogens is 288 g/mol. The van der Waals surface area contributed by atoms with E-state index in [1.165, 1.54) is 0 Å². The van der Waals surface area contributed by atoms with Crippen molar-refractivity contribution in [2.75, 3.05) is 20.8 Å². The van der Waals surface area contributed by atoms with Gasteiger partial charge in [-0.2, -0.15) is 0 Å². The molecule has 2 heterocycles. The van der Waals surface area contributed by atoms with E-state index >= 15 is 0 Å². The zero-order valence-corrected chi connectivity index (χ0v) is 13.2. The maximum absolute atomic E-state index is 12.4. The zero-order chi connectivity index (χ0) is 15.1. The summed E-state index contributed by atoms with van der Waals surface area (Å²) < 4.78 is 10.7. The van der Waals surface area contributed by atoms with Crippen molar-refractivity contribution in [1.29, 1.82) is 0 Å². The molecule has 1 fully saturated rings. The summed E-state index contributed by atoms with van der Waals surface area (Å²) in [6.45, 7) is 3.21. The first-order valence-corrected chi connectivity index (χ1v) is 7.37. The highest BCUT2D eigenvalue weighted by atomic mass is 32.1. The third-order valence-corrected chi connectivity index (χ3v) is 4.63. The Morgan fingerprint density at radius 1 is 1.24 bits per heavy atom. The number of hydrogen-bond donors (Lipinski definition) is 0. The Morgan fingerprint density at radius 3 is 2.43 bits per heavy atom. The van der Waals surface area contributed by atoms with Crippen molar-refractivity contribution in [1.82, 2.24) is 9.80 Å². The Hall–Kier alpha value is -1.82. The van der Waals surface area contributed by atoms with Gasteiger partial charge in [0, 0.05) is 19.5 Å². The van der Waals surface area contributed by atoms with Gasteiger partial charge in [0.1, 0.15) is 6.04 Å². The summed E-state index contributed by atoms with van der Waals surface area (Å²) in [5.74, 6) is 1.51. The molecule has 112 valence electrons. The summed E-state index contributed by atoms with van der Waals surface area (Å²) in [5, 5.41) is 0.632. The minimum Gasteiger partial charge on any atom is -0.493 e. The van der Waals surface area contributed by atoms with Crippen molar-refractivity contribution in [3.8, 4) is 11.5 Å². The van der Waals surface area contributed by atoms with Crippen LogP contribution in [0.3, 0.4) is 0 Å². The van der Waals surface area contributed by atoms with Gasteiger partial charge in [0.25, 0.3) is 5.91 Å². The fraction of sp³-hybridized carbons (Fsp3) is 0.467. The first-order chi connectivity index (χ1) is 10.1. The smallest absolute Gasteiger partial charge is 0.251 e. The SMILES string of the molecule is CCN1C(=O)C2Cc3cc(OC)c(OC)cc3CN2C1=S. The molecule has 6 heteroatoms. The highest BCUT2D eigenvalue weighted by molar-refractivity contribution is 7.80. The van der Waals surface area contributed by atoms with E-state index in [1.807, 2.05) is 24.0 Å². The second kappa shape index (κ2) is 5.18. The molecule has 0 N–H and O–H groups in total. The van der Waals surface area contributed by atoms with Gasteiger partial charge in [-0.3, -0.25) is 9.69 Å². The van der Waals surface area contributed by atoms with Crippen molar-refractivity contribution in [2.45, 2.75) is 25.9 Å². The van der Waals surface area contributed by atoms with Crippen LogP contribution in [0.25, 0.3) is 0 Å². The number of thiocarbonyl (C=S) groups is 1. The van der Waals surface area contributed by atoms with Gasteiger partial charge in [-0.05, 0) is 42.4 Å². The predicted octanol–water partition coefficient (Wildman–Crippen LogP) is 1.58. The van der Waals surface area contributed by atoms with Crippen molar-refractivity contribution >= 4 is 23.2 Å². The molecule has 2 aliphatic rings. The first-order valence-electron chi connectivity index (χ1n) is 6.96. The summed E-state index contributed by atoms with van der Waals surface area (Å²) >= 11 is 5.43. The molecule has 0 radical (unpaired) electrons. The molecule has 1 unspecified atom stereocenters. The van der Waals surface area contributed by atoms with E-state index in [1.54, 1.807) is 19.1 Å². The molecule has 0 aliphatic carbocycles. The lowest BCUT2D eigenvalue weighted by Crippen LogP contribution is -2.40. The number of fused-ring (bicyclic) bond motifs is 2. The zero-order valence-electron chi connectivity index (χ0n) is 12.4. The van der Waals surface area contributed by atoms with E-state index < -0.39 is 0 Å². The molecule has 3 rings (SSSR count). The highest BCUT2D eigenvalue weighted by Crippen LogP contribution is 2.36. The molecule has 1 saturated heterocycles. The minimum absolute atomic E-state index is 0.0999. The molecule has 2 aliphatic heterocycles. The van der Waals surface area contributed by atoms with Gasteiger partial charge in [0.2, 0.25) is 0 Å². The van der Waals surface area contributed by atoms with E-state index in [0.717, 1.165) is 11.1 Å². The number of nitrogens with zero attached hydrogens (tertiary/aromatic N) is 2. The third-order valence-electron chi connectivity index (χ3n) is 4.18. The first kappa shape index (κ1) is 14.1. The normalized spacial score (nSPS) is 20.4. The monoisotopic (exact) mass is 306 g/mol. The molecule has 1 aromatic carbocycles. The second-order valence-electron chi connectivity index (χ2n) is 5.19. The summed E-state index contributed by atoms with van der Waals surface area (Å²) in [6.07, 6.45) is 0.658. The molecular formula is C15H18N2O3S. The van der Waals surface area contributed by atoms with Crippen LogP contribution in [0.4, 0.5) is 0 Å². The van der Waals surface area contributed by atoms with E-state index in [-0.39, 0.29) is 11.9 Å². The molecule has 5 nitrogen and oxygen atoms in total. The molecule has 0 aromatic heterocycles. The number of likely N-dealkylation sites (N-methyl/N-ethyl adjacent to an activating group) is 1. The maximum atomic E-state index is 12.4. The Kier molecular flexibility index (Phi) is 3.49. The number of amides is 1. The Bertz CT molecular complexity index is 566. The van der Waals surface area contributed by atoms with Gasteiger partial charge in [-0.25, -0.2) is 0 Å². The molecule has 0 bridgehead atoms. The van der Waals surface area contributed by atoms with Crippen LogP contribution in [-0.4, -0.2) is 47.6 Å². The van der Waals surface area contributed by atoms with Crippen LogP contribution in [0, 0.1) is 0 Å². The van der Waals surface area contributed by atoms with Crippen LogP contribution in [0.5, 0.6) is 11.5 Å². The van der Waals surface area contributed by atoms with Crippen LogP contribution < -0.4 is 9.47 Å². The summed E-state index contributed by atoms with van der Waals surface area (Å²) in [4.78, 5) is 16.1. The van der Waals surface area contributed by atoms with Crippen LogP contribution in [0.2, 0.25) is 0 Å². The lowest BCUT2D eigenvalue weighted by molar-refractivity contribution is -0.128.